The molecule has 1 aliphatic heterocycles. The lowest BCUT2D eigenvalue weighted by Crippen LogP contribution is -2.26. The Bertz CT molecular complexity index is 530. The molecule has 1 aromatic heterocycles. The van der Waals surface area contributed by atoms with Crippen LogP contribution in [-0.2, 0) is 0 Å². The Labute approximate surface area is 101 Å². The Hall–Kier alpha value is -1.61. The van der Waals surface area contributed by atoms with Crippen LogP contribution in [-0.4, -0.2) is 18.1 Å². The minimum atomic E-state index is 0.682. The topological polar surface area (TPSA) is 50.9 Å². The minimum Gasteiger partial charge on any atom is -0.397 e. The number of rotatable bonds is 1. The van der Waals surface area contributed by atoms with Crippen molar-refractivity contribution in [1.29, 1.82) is 0 Å². The first-order valence-corrected chi connectivity index (χ1v) is 6.19. The molecule has 88 valence electrons. The summed E-state index contributed by atoms with van der Waals surface area (Å²) in [5.74, 6) is 0.682. The number of aromatic nitrogens is 1. The van der Waals surface area contributed by atoms with Crippen LogP contribution in [0.25, 0.3) is 10.9 Å². The standard InChI is InChI=1S/C14H17N3/c15-13-8-12-7-11(1-2-14(12)17-9-13)10-3-5-16-6-4-10/h1-2,7-10,16H,3-6,15H2. The van der Waals surface area contributed by atoms with Gasteiger partial charge in [0.05, 0.1) is 17.4 Å². The van der Waals surface area contributed by atoms with E-state index in [9.17, 15) is 0 Å². The molecular weight excluding hydrogens is 210 g/mol. The van der Waals surface area contributed by atoms with Gasteiger partial charge in [-0.25, -0.2) is 0 Å². The second kappa shape index (κ2) is 4.34. The van der Waals surface area contributed by atoms with Crippen LogP contribution in [0.1, 0.15) is 24.3 Å². The Kier molecular flexibility index (Phi) is 2.69. The van der Waals surface area contributed by atoms with Gasteiger partial charge in [0, 0.05) is 5.39 Å². The number of fused-ring (bicyclic) bond motifs is 1. The molecule has 1 aromatic carbocycles. The number of benzene rings is 1. The number of hydrogen-bond acceptors (Lipinski definition) is 3. The Morgan fingerprint density at radius 2 is 2.00 bits per heavy atom. The Morgan fingerprint density at radius 1 is 1.18 bits per heavy atom. The molecule has 0 atom stereocenters. The number of hydrogen-bond donors (Lipinski definition) is 2. The van der Waals surface area contributed by atoms with E-state index in [1.807, 2.05) is 6.07 Å². The molecule has 1 aliphatic rings. The van der Waals surface area contributed by atoms with Crippen molar-refractivity contribution in [1.82, 2.24) is 10.3 Å². The molecule has 2 aromatic rings. The minimum absolute atomic E-state index is 0.682. The zero-order valence-corrected chi connectivity index (χ0v) is 9.82. The fourth-order valence-electron chi connectivity index (χ4n) is 2.58. The van der Waals surface area contributed by atoms with Crippen molar-refractivity contribution in [2.75, 3.05) is 18.8 Å². The highest BCUT2D eigenvalue weighted by atomic mass is 14.9. The van der Waals surface area contributed by atoms with Crippen molar-refractivity contribution in [2.45, 2.75) is 18.8 Å². The van der Waals surface area contributed by atoms with Gasteiger partial charge in [-0.15, -0.1) is 0 Å². The molecule has 1 fully saturated rings. The highest BCUT2D eigenvalue weighted by molar-refractivity contribution is 5.81. The van der Waals surface area contributed by atoms with Crippen molar-refractivity contribution < 1.29 is 0 Å². The zero-order valence-electron chi connectivity index (χ0n) is 9.82. The molecule has 3 heteroatoms. The van der Waals surface area contributed by atoms with E-state index in [0.717, 1.165) is 29.7 Å². The third-order valence-electron chi connectivity index (χ3n) is 3.54. The van der Waals surface area contributed by atoms with Crippen molar-refractivity contribution in [3.05, 3.63) is 36.0 Å². The largest absolute Gasteiger partial charge is 0.397 e. The van der Waals surface area contributed by atoms with E-state index in [4.69, 9.17) is 5.73 Å². The molecule has 1 saturated heterocycles. The number of nitrogen functional groups attached to an aromatic ring is 1. The van der Waals surface area contributed by atoms with E-state index in [2.05, 4.69) is 28.5 Å². The normalized spacial score (nSPS) is 17.4. The molecule has 0 amide bonds. The van der Waals surface area contributed by atoms with Crippen molar-refractivity contribution in [3.63, 3.8) is 0 Å². The average molecular weight is 227 g/mol. The van der Waals surface area contributed by atoms with Crippen LogP contribution in [0.4, 0.5) is 5.69 Å². The van der Waals surface area contributed by atoms with Crippen LogP contribution < -0.4 is 11.1 Å². The summed E-state index contributed by atoms with van der Waals surface area (Å²) >= 11 is 0. The number of pyridine rings is 1. The second-order valence-electron chi connectivity index (χ2n) is 4.75. The summed E-state index contributed by atoms with van der Waals surface area (Å²) in [4.78, 5) is 4.33. The van der Waals surface area contributed by atoms with E-state index in [0.29, 0.717) is 5.92 Å². The third kappa shape index (κ3) is 2.11. The fraction of sp³-hybridized carbons (Fsp3) is 0.357. The molecule has 3 rings (SSSR count). The first-order chi connectivity index (χ1) is 8.33. The number of piperidine rings is 1. The molecule has 0 saturated carbocycles. The molecule has 3 nitrogen and oxygen atoms in total. The zero-order chi connectivity index (χ0) is 11.7. The maximum Gasteiger partial charge on any atom is 0.0703 e. The monoisotopic (exact) mass is 227 g/mol. The van der Waals surface area contributed by atoms with Crippen LogP contribution >= 0.6 is 0 Å². The van der Waals surface area contributed by atoms with E-state index in [-0.39, 0.29) is 0 Å². The highest BCUT2D eigenvalue weighted by Crippen LogP contribution is 2.27. The highest BCUT2D eigenvalue weighted by Gasteiger charge is 2.15. The molecule has 0 unspecified atom stereocenters. The quantitative estimate of drug-likeness (QED) is 0.786. The summed E-state index contributed by atoms with van der Waals surface area (Å²) in [7, 11) is 0. The van der Waals surface area contributed by atoms with Gasteiger partial charge < -0.3 is 11.1 Å². The lowest BCUT2D eigenvalue weighted by Gasteiger charge is -2.23. The van der Waals surface area contributed by atoms with Crippen LogP contribution in [0, 0.1) is 0 Å². The van der Waals surface area contributed by atoms with Gasteiger partial charge in [0.1, 0.15) is 0 Å². The van der Waals surface area contributed by atoms with Gasteiger partial charge in [-0.3, -0.25) is 4.98 Å². The van der Waals surface area contributed by atoms with E-state index in [1.54, 1.807) is 6.20 Å². The second-order valence-corrected chi connectivity index (χ2v) is 4.75. The third-order valence-corrected chi connectivity index (χ3v) is 3.54. The summed E-state index contributed by atoms with van der Waals surface area (Å²) in [6.07, 6.45) is 4.16. The van der Waals surface area contributed by atoms with Crippen molar-refractivity contribution >= 4 is 16.6 Å². The molecule has 0 aliphatic carbocycles. The molecule has 0 radical (unpaired) electrons. The van der Waals surface area contributed by atoms with Crippen LogP contribution in [0.15, 0.2) is 30.5 Å². The SMILES string of the molecule is Nc1cnc2ccc(C3CCNCC3)cc2c1. The van der Waals surface area contributed by atoms with Gasteiger partial charge in [-0.05, 0) is 55.6 Å². The van der Waals surface area contributed by atoms with Crippen molar-refractivity contribution in [3.8, 4) is 0 Å². The predicted molar refractivity (Wildman–Crippen MR) is 71.0 cm³/mol. The van der Waals surface area contributed by atoms with Gasteiger partial charge in [0.15, 0.2) is 0 Å². The predicted octanol–water partition coefficient (Wildman–Crippen LogP) is 2.28. The number of anilines is 1. The first kappa shape index (κ1) is 10.5. The summed E-state index contributed by atoms with van der Waals surface area (Å²) in [6.45, 7) is 2.25. The smallest absolute Gasteiger partial charge is 0.0703 e. The van der Waals surface area contributed by atoms with Gasteiger partial charge in [-0.1, -0.05) is 6.07 Å². The molecule has 0 bridgehead atoms. The molecule has 2 heterocycles. The van der Waals surface area contributed by atoms with Crippen LogP contribution in [0.3, 0.4) is 0 Å². The number of nitrogens with two attached hydrogens (primary N) is 1. The number of nitrogens with one attached hydrogen (secondary N) is 1. The number of nitrogens with zero attached hydrogens (tertiary/aromatic N) is 1. The van der Waals surface area contributed by atoms with Crippen LogP contribution in [0.2, 0.25) is 0 Å². The van der Waals surface area contributed by atoms with Crippen molar-refractivity contribution in [2.24, 2.45) is 0 Å². The summed E-state index contributed by atoms with van der Waals surface area (Å²) in [5.41, 5.74) is 8.96. The summed E-state index contributed by atoms with van der Waals surface area (Å²) in [5, 5.41) is 4.55. The summed E-state index contributed by atoms with van der Waals surface area (Å²) in [6, 6.07) is 8.56. The van der Waals surface area contributed by atoms with E-state index < -0.39 is 0 Å². The van der Waals surface area contributed by atoms with Gasteiger partial charge in [0.25, 0.3) is 0 Å². The fourth-order valence-corrected chi connectivity index (χ4v) is 2.58. The molecule has 17 heavy (non-hydrogen) atoms. The first-order valence-electron chi connectivity index (χ1n) is 6.19. The molecule has 0 spiro atoms. The maximum absolute atomic E-state index is 5.78. The lowest BCUT2D eigenvalue weighted by atomic mass is 9.89. The van der Waals surface area contributed by atoms with Crippen LogP contribution in [0.5, 0.6) is 0 Å². The van der Waals surface area contributed by atoms with Gasteiger partial charge >= 0.3 is 0 Å². The van der Waals surface area contributed by atoms with Gasteiger partial charge in [0.2, 0.25) is 0 Å². The van der Waals surface area contributed by atoms with E-state index >= 15 is 0 Å². The lowest BCUT2D eigenvalue weighted by molar-refractivity contribution is 0.460. The van der Waals surface area contributed by atoms with E-state index in [1.165, 1.54) is 18.4 Å². The van der Waals surface area contributed by atoms with Gasteiger partial charge in [-0.2, -0.15) is 0 Å². The molecule has 3 N–H and O–H groups in total. The average Bonchev–Trinajstić information content (AvgIpc) is 2.39. The Morgan fingerprint density at radius 3 is 2.82 bits per heavy atom. The molecular formula is C14H17N3. The Balaban J connectivity index is 1.99. The maximum atomic E-state index is 5.78. The summed E-state index contributed by atoms with van der Waals surface area (Å²) < 4.78 is 0.